The Morgan fingerprint density at radius 3 is 2.62 bits per heavy atom. The Morgan fingerprint density at radius 2 is 1.90 bits per heavy atom. The average Bonchev–Trinajstić information content (AvgIpc) is 2.92. The fraction of sp³-hybridized carbons (Fsp3) is 0.0625. The van der Waals surface area contributed by atoms with E-state index >= 15 is 0 Å². The summed E-state index contributed by atoms with van der Waals surface area (Å²) < 4.78 is 15.7. The van der Waals surface area contributed by atoms with Crippen molar-refractivity contribution in [2.75, 3.05) is 0 Å². The van der Waals surface area contributed by atoms with Crippen LogP contribution < -0.4 is 0 Å². The molecule has 0 bridgehead atoms. The van der Waals surface area contributed by atoms with Crippen molar-refractivity contribution in [2.24, 2.45) is 0 Å². The van der Waals surface area contributed by atoms with Crippen LogP contribution in [0.15, 0.2) is 54.9 Å². The number of phenols is 1. The van der Waals surface area contributed by atoms with E-state index in [1.807, 2.05) is 4.57 Å². The topological polar surface area (TPSA) is 38.1 Å². The van der Waals surface area contributed by atoms with Gasteiger partial charge in [-0.1, -0.05) is 17.7 Å². The van der Waals surface area contributed by atoms with Crippen molar-refractivity contribution < 1.29 is 9.50 Å². The maximum Gasteiger partial charge on any atom is 0.140 e. The highest BCUT2D eigenvalue weighted by atomic mass is 35.5. The maximum atomic E-state index is 13.9. The lowest BCUT2D eigenvalue weighted by molar-refractivity contribution is 0.475. The minimum atomic E-state index is -0.340. The molecule has 0 saturated heterocycles. The molecule has 3 aromatic rings. The van der Waals surface area contributed by atoms with Crippen LogP contribution in [0.5, 0.6) is 5.75 Å². The first-order valence-corrected chi connectivity index (χ1v) is 6.76. The summed E-state index contributed by atoms with van der Waals surface area (Å²) in [4.78, 5) is 4.29. The second kappa shape index (κ2) is 5.58. The molecule has 0 unspecified atom stereocenters. The zero-order valence-corrected chi connectivity index (χ0v) is 11.8. The van der Waals surface area contributed by atoms with Gasteiger partial charge in [0, 0.05) is 28.5 Å². The Bertz CT molecular complexity index is 748. The number of imidazole rings is 1. The number of rotatable bonds is 3. The summed E-state index contributed by atoms with van der Waals surface area (Å²) >= 11 is 6.06. The lowest BCUT2D eigenvalue weighted by Crippen LogP contribution is -2.03. The molecule has 0 saturated carbocycles. The van der Waals surface area contributed by atoms with Crippen LogP contribution in [0.4, 0.5) is 4.39 Å². The third kappa shape index (κ3) is 2.76. The molecule has 0 spiro atoms. The minimum absolute atomic E-state index is 0.189. The van der Waals surface area contributed by atoms with Gasteiger partial charge in [-0.2, -0.15) is 0 Å². The van der Waals surface area contributed by atoms with Gasteiger partial charge < -0.3 is 9.67 Å². The van der Waals surface area contributed by atoms with Gasteiger partial charge in [0.25, 0.3) is 0 Å². The Morgan fingerprint density at radius 1 is 1.14 bits per heavy atom. The van der Waals surface area contributed by atoms with E-state index in [4.69, 9.17) is 11.6 Å². The number of halogens is 2. The average molecular weight is 303 g/mol. The molecule has 0 aliphatic carbocycles. The Labute approximate surface area is 126 Å². The summed E-state index contributed by atoms with van der Waals surface area (Å²) in [7, 11) is 0. The summed E-state index contributed by atoms with van der Waals surface area (Å²) in [5, 5.41) is 9.73. The van der Waals surface area contributed by atoms with Gasteiger partial charge in [0.1, 0.15) is 17.4 Å². The van der Waals surface area contributed by atoms with Gasteiger partial charge in [-0.15, -0.1) is 0 Å². The van der Waals surface area contributed by atoms with E-state index in [-0.39, 0.29) is 11.6 Å². The minimum Gasteiger partial charge on any atom is -0.508 e. The van der Waals surface area contributed by atoms with Gasteiger partial charge >= 0.3 is 0 Å². The number of benzene rings is 2. The molecule has 5 heteroatoms. The molecular formula is C16H12ClFN2O. The molecule has 21 heavy (non-hydrogen) atoms. The third-order valence-corrected chi connectivity index (χ3v) is 3.59. The van der Waals surface area contributed by atoms with E-state index in [0.29, 0.717) is 23.0 Å². The number of aromatic hydroxyl groups is 1. The van der Waals surface area contributed by atoms with E-state index < -0.39 is 0 Å². The van der Waals surface area contributed by atoms with E-state index in [9.17, 15) is 9.50 Å². The zero-order chi connectivity index (χ0) is 14.8. The largest absolute Gasteiger partial charge is 0.508 e. The summed E-state index contributed by atoms with van der Waals surface area (Å²) in [6.45, 7) is 0.293. The van der Waals surface area contributed by atoms with Crippen molar-refractivity contribution in [3.8, 4) is 17.1 Å². The number of phenolic OH excluding ortho intramolecular Hbond substituents is 1. The van der Waals surface area contributed by atoms with Crippen LogP contribution in [0.1, 0.15) is 5.56 Å². The van der Waals surface area contributed by atoms with Gasteiger partial charge in [0.15, 0.2) is 0 Å². The highest BCUT2D eigenvalue weighted by Gasteiger charge is 2.11. The van der Waals surface area contributed by atoms with Gasteiger partial charge in [-0.25, -0.2) is 9.37 Å². The third-order valence-electron chi connectivity index (χ3n) is 3.23. The maximum absolute atomic E-state index is 13.9. The predicted octanol–water partition coefficient (Wildman–Crippen LogP) is 4.10. The van der Waals surface area contributed by atoms with Crippen LogP contribution in [-0.4, -0.2) is 14.7 Å². The van der Waals surface area contributed by atoms with E-state index in [0.717, 1.165) is 5.56 Å². The lowest BCUT2D eigenvalue weighted by atomic mass is 10.2. The van der Waals surface area contributed by atoms with E-state index in [2.05, 4.69) is 4.98 Å². The molecule has 106 valence electrons. The van der Waals surface area contributed by atoms with Crippen LogP contribution in [0.25, 0.3) is 11.4 Å². The second-order valence-electron chi connectivity index (χ2n) is 4.63. The van der Waals surface area contributed by atoms with Gasteiger partial charge in [0.2, 0.25) is 0 Å². The predicted molar refractivity (Wildman–Crippen MR) is 79.8 cm³/mol. The van der Waals surface area contributed by atoms with Crippen molar-refractivity contribution >= 4 is 11.6 Å². The van der Waals surface area contributed by atoms with Gasteiger partial charge in [0.05, 0.1) is 6.54 Å². The first-order valence-electron chi connectivity index (χ1n) is 6.38. The normalized spacial score (nSPS) is 10.8. The van der Waals surface area contributed by atoms with E-state index in [1.165, 1.54) is 6.07 Å². The zero-order valence-electron chi connectivity index (χ0n) is 11.0. The van der Waals surface area contributed by atoms with Crippen LogP contribution in [0, 0.1) is 5.82 Å². The fourth-order valence-corrected chi connectivity index (χ4v) is 2.38. The fourth-order valence-electron chi connectivity index (χ4n) is 2.16. The molecule has 3 rings (SSSR count). The summed E-state index contributed by atoms with van der Waals surface area (Å²) in [5.41, 5.74) is 1.27. The van der Waals surface area contributed by atoms with Crippen molar-refractivity contribution in [1.82, 2.24) is 9.55 Å². The molecule has 3 nitrogen and oxygen atoms in total. The van der Waals surface area contributed by atoms with Crippen LogP contribution in [0.2, 0.25) is 5.02 Å². The highest BCUT2D eigenvalue weighted by Crippen LogP contribution is 2.24. The van der Waals surface area contributed by atoms with Crippen LogP contribution >= 0.6 is 11.6 Å². The van der Waals surface area contributed by atoms with Crippen LogP contribution in [0.3, 0.4) is 0 Å². The molecule has 0 amide bonds. The van der Waals surface area contributed by atoms with E-state index in [1.54, 1.807) is 48.8 Å². The molecule has 0 aliphatic rings. The standard InChI is InChI=1S/C16H12ClFN2O/c17-14-2-1-3-15(18)13(14)10-20-9-8-19-16(20)11-4-6-12(21)7-5-11/h1-9,21H,10H2. The smallest absolute Gasteiger partial charge is 0.140 e. The SMILES string of the molecule is Oc1ccc(-c2nccn2Cc2c(F)cccc2Cl)cc1. The first kappa shape index (κ1) is 13.6. The summed E-state index contributed by atoms with van der Waals surface area (Å²) in [6, 6.07) is 11.3. The van der Waals surface area contributed by atoms with Gasteiger partial charge in [-0.05, 0) is 36.4 Å². The Hall–Kier alpha value is -2.33. The number of nitrogens with zero attached hydrogens (tertiary/aromatic N) is 2. The van der Waals surface area contributed by atoms with Crippen molar-refractivity contribution in [2.45, 2.75) is 6.54 Å². The van der Waals surface area contributed by atoms with Crippen molar-refractivity contribution in [3.05, 3.63) is 71.3 Å². The molecule has 0 fully saturated rings. The highest BCUT2D eigenvalue weighted by molar-refractivity contribution is 6.31. The molecule has 1 heterocycles. The van der Waals surface area contributed by atoms with Crippen molar-refractivity contribution in [3.63, 3.8) is 0 Å². The summed E-state index contributed by atoms with van der Waals surface area (Å²) in [6.07, 6.45) is 3.42. The van der Waals surface area contributed by atoms with Crippen molar-refractivity contribution in [1.29, 1.82) is 0 Å². The lowest BCUT2D eigenvalue weighted by Gasteiger charge is -2.10. The molecule has 0 aliphatic heterocycles. The Balaban J connectivity index is 1.98. The second-order valence-corrected chi connectivity index (χ2v) is 5.03. The molecule has 2 aromatic carbocycles. The first-order chi connectivity index (χ1) is 10.1. The molecule has 0 radical (unpaired) electrons. The number of hydrogen-bond donors (Lipinski definition) is 1. The van der Waals surface area contributed by atoms with Crippen LogP contribution in [-0.2, 0) is 6.54 Å². The molecule has 0 atom stereocenters. The number of aromatic nitrogens is 2. The quantitative estimate of drug-likeness (QED) is 0.791. The molecule has 1 N–H and O–H groups in total. The summed E-state index contributed by atoms with van der Waals surface area (Å²) in [5.74, 6) is 0.538. The molecular weight excluding hydrogens is 291 g/mol. The Kier molecular flexibility index (Phi) is 3.62. The van der Waals surface area contributed by atoms with Gasteiger partial charge in [-0.3, -0.25) is 0 Å². The molecule has 1 aromatic heterocycles. The monoisotopic (exact) mass is 302 g/mol. The number of hydrogen-bond acceptors (Lipinski definition) is 2.